The maximum Gasteiger partial charge on any atom is 0.321 e. The van der Waals surface area contributed by atoms with Crippen molar-refractivity contribution in [1.29, 1.82) is 0 Å². The summed E-state index contributed by atoms with van der Waals surface area (Å²) in [7, 11) is 0. The molecule has 1 aromatic carbocycles. The van der Waals surface area contributed by atoms with Crippen LogP contribution in [0.25, 0.3) is 33.4 Å². The number of carbonyl (C=O) groups is 1. The summed E-state index contributed by atoms with van der Waals surface area (Å²) in [6.07, 6.45) is 5.26. The van der Waals surface area contributed by atoms with Crippen molar-refractivity contribution in [2.45, 2.75) is 13.8 Å². The summed E-state index contributed by atoms with van der Waals surface area (Å²) in [6.45, 7) is 4.83. The molecule has 0 aliphatic heterocycles. The van der Waals surface area contributed by atoms with Crippen molar-refractivity contribution in [3.05, 3.63) is 55.0 Å². The number of nitrogens with one attached hydrogen (secondary N) is 3. The van der Waals surface area contributed by atoms with Gasteiger partial charge in [-0.2, -0.15) is 0 Å². The van der Waals surface area contributed by atoms with Gasteiger partial charge in [0.05, 0.1) is 12.1 Å². The van der Waals surface area contributed by atoms with Crippen LogP contribution >= 0.6 is 0 Å². The Kier molecular flexibility index (Phi) is 5.56. The van der Waals surface area contributed by atoms with Crippen molar-refractivity contribution in [3.8, 4) is 28.1 Å². The van der Waals surface area contributed by atoms with Crippen LogP contribution in [-0.4, -0.2) is 39.1 Å². The van der Waals surface area contributed by atoms with Gasteiger partial charge in [-0.3, -0.25) is 15.3 Å². The zero-order valence-corrected chi connectivity index (χ0v) is 16.8. The molecule has 0 atom stereocenters. The van der Waals surface area contributed by atoms with Crippen LogP contribution in [0.3, 0.4) is 0 Å². The normalized spacial score (nSPS) is 10.7. The summed E-state index contributed by atoms with van der Waals surface area (Å²) in [6, 6.07) is 11.3. The minimum atomic E-state index is -0.321. The first-order valence-electron chi connectivity index (χ1n) is 9.76. The SMILES string of the molecule is CCNC(=O)Nc1nc2c(-c3ncccc3OCC)cc(-c3cccnc3)cc2[nH]1. The summed E-state index contributed by atoms with van der Waals surface area (Å²) < 4.78 is 5.80. The van der Waals surface area contributed by atoms with Gasteiger partial charge < -0.3 is 15.0 Å². The van der Waals surface area contributed by atoms with E-state index >= 15 is 0 Å². The zero-order valence-electron chi connectivity index (χ0n) is 16.8. The van der Waals surface area contributed by atoms with Crippen LogP contribution in [0.4, 0.5) is 10.7 Å². The maximum atomic E-state index is 11.9. The van der Waals surface area contributed by atoms with Gasteiger partial charge in [0.15, 0.2) is 0 Å². The van der Waals surface area contributed by atoms with Gasteiger partial charge in [0.2, 0.25) is 5.95 Å². The molecule has 0 saturated heterocycles. The first-order valence-corrected chi connectivity index (χ1v) is 9.76. The van der Waals surface area contributed by atoms with Crippen LogP contribution in [0, 0.1) is 0 Å². The average Bonchev–Trinajstić information content (AvgIpc) is 3.17. The number of nitrogens with zero attached hydrogens (tertiary/aromatic N) is 3. The number of carbonyl (C=O) groups excluding carboxylic acids is 1. The van der Waals surface area contributed by atoms with E-state index in [0.29, 0.717) is 36.1 Å². The van der Waals surface area contributed by atoms with Crippen LogP contribution in [-0.2, 0) is 0 Å². The molecule has 4 rings (SSSR count). The summed E-state index contributed by atoms with van der Waals surface area (Å²) in [5.74, 6) is 1.03. The molecule has 4 aromatic rings. The fourth-order valence-corrected chi connectivity index (χ4v) is 3.23. The largest absolute Gasteiger partial charge is 0.492 e. The Balaban J connectivity index is 1.90. The van der Waals surface area contributed by atoms with Gasteiger partial charge >= 0.3 is 6.03 Å². The lowest BCUT2D eigenvalue weighted by atomic mass is 10.0. The van der Waals surface area contributed by atoms with E-state index in [4.69, 9.17) is 4.74 Å². The number of benzene rings is 1. The van der Waals surface area contributed by atoms with E-state index in [2.05, 4.69) is 30.6 Å². The van der Waals surface area contributed by atoms with E-state index in [1.165, 1.54) is 0 Å². The monoisotopic (exact) mass is 402 g/mol. The number of pyridine rings is 2. The van der Waals surface area contributed by atoms with Gasteiger partial charge in [-0.15, -0.1) is 0 Å². The number of hydrogen-bond acceptors (Lipinski definition) is 5. The standard InChI is InChI=1S/C22H22N6O2/c1-3-24-22(29)28-21-26-17-12-15(14-7-5-9-23-13-14)11-16(19(17)27-21)20-18(30-4-2)8-6-10-25-20/h5-13H,3-4H2,1-2H3,(H3,24,26,27,28,29). The van der Waals surface area contributed by atoms with Gasteiger partial charge in [0, 0.05) is 36.3 Å². The topological polar surface area (TPSA) is 105 Å². The molecule has 2 amide bonds. The molecule has 3 N–H and O–H groups in total. The van der Waals surface area contributed by atoms with Gasteiger partial charge in [-0.05, 0) is 49.7 Å². The number of aromatic nitrogens is 4. The molecular weight excluding hydrogens is 380 g/mol. The Bertz CT molecular complexity index is 1170. The first-order chi connectivity index (χ1) is 14.7. The molecule has 0 bridgehead atoms. The Labute approximate surface area is 173 Å². The smallest absolute Gasteiger partial charge is 0.321 e. The third-order valence-corrected chi connectivity index (χ3v) is 4.48. The molecular formula is C22H22N6O2. The fourth-order valence-electron chi connectivity index (χ4n) is 3.23. The number of anilines is 1. The second-order valence-electron chi connectivity index (χ2n) is 6.51. The molecule has 3 heterocycles. The van der Waals surface area contributed by atoms with Crippen LogP contribution in [0.2, 0.25) is 0 Å². The molecule has 8 heteroatoms. The molecule has 0 fully saturated rings. The number of imidazole rings is 1. The number of H-pyrrole nitrogens is 1. The highest BCUT2D eigenvalue weighted by Crippen LogP contribution is 2.36. The molecule has 0 aliphatic rings. The Hall–Kier alpha value is -3.94. The lowest BCUT2D eigenvalue weighted by Crippen LogP contribution is -2.28. The number of aromatic amines is 1. The molecule has 0 saturated carbocycles. The number of rotatable bonds is 6. The molecule has 3 aromatic heterocycles. The minimum absolute atomic E-state index is 0.321. The Morgan fingerprint density at radius 1 is 1.13 bits per heavy atom. The van der Waals surface area contributed by atoms with E-state index in [0.717, 1.165) is 22.2 Å². The third-order valence-electron chi connectivity index (χ3n) is 4.48. The van der Waals surface area contributed by atoms with E-state index in [-0.39, 0.29) is 6.03 Å². The number of amides is 2. The second-order valence-corrected chi connectivity index (χ2v) is 6.51. The molecule has 0 radical (unpaired) electrons. The number of hydrogen-bond donors (Lipinski definition) is 3. The van der Waals surface area contributed by atoms with Crippen LogP contribution in [0.5, 0.6) is 5.75 Å². The van der Waals surface area contributed by atoms with E-state index in [1.54, 1.807) is 18.6 Å². The zero-order chi connectivity index (χ0) is 20.9. The number of fused-ring (bicyclic) bond motifs is 1. The van der Waals surface area contributed by atoms with E-state index < -0.39 is 0 Å². The van der Waals surface area contributed by atoms with Crippen molar-refractivity contribution in [2.75, 3.05) is 18.5 Å². The molecule has 0 aliphatic carbocycles. The predicted molar refractivity (Wildman–Crippen MR) is 116 cm³/mol. The van der Waals surface area contributed by atoms with Gasteiger partial charge in [-0.25, -0.2) is 9.78 Å². The summed E-state index contributed by atoms with van der Waals surface area (Å²) >= 11 is 0. The summed E-state index contributed by atoms with van der Waals surface area (Å²) in [4.78, 5) is 28.5. The van der Waals surface area contributed by atoms with Crippen LogP contribution in [0.15, 0.2) is 55.0 Å². The highest BCUT2D eigenvalue weighted by atomic mass is 16.5. The second kappa shape index (κ2) is 8.60. The molecule has 0 spiro atoms. The number of ether oxygens (including phenoxy) is 1. The highest BCUT2D eigenvalue weighted by Gasteiger charge is 2.17. The van der Waals surface area contributed by atoms with Crippen LogP contribution in [0.1, 0.15) is 13.8 Å². The van der Waals surface area contributed by atoms with Gasteiger partial charge in [0.25, 0.3) is 0 Å². The van der Waals surface area contributed by atoms with Crippen molar-refractivity contribution in [2.24, 2.45) is 0 Å². The fraction of sp³-hybridized carbons (Fsp3) is 0.182. The molecule has 30 heavy (non-hydrogen) atoms. The summed E-state index contributed by atoms with van der Waals surface area (Å²) in [5, 5.41) is 5.43. The Morgan fingerprint density at radius 3 is 2.77 bits per heavy atom. The molecule has 8 nitrogen and oxygen atoms in total. The lowest BCUT2D eigenvalue weighted by Gasteiger charge is -2.11. The van der Waals surface area contributed by atoms with Crippen molar-refractivity contribution in [1.82, 2.24) is 25.3 Å². The third kappa shape index (κ3) is 3.93. The molecule has 152 valence electrons. The lowest BCUT2D eigenvalue weighted by molar-refractivity contribution is 0.252. The Morgan fingerprint density at radius 2 is 2.00 bits per heavy atom. The highest BCUT2D eigenvalue weighted by molar-refractivity contribution is 5.98. The predicted octanol–water partition coefficient (Wildman–Crippen LogP) is 4.23. The first kappa shape index (κ1) is 19.4. The van der Waals surface area contributed by atoms with Gasteiger partial charge in [0.1, 0.15) is 17.0 Å². The minimum Gasteiger partial charge on any atom is -0.492 e. The van der Waals surface area contributed by atoms with Crippen LogP contribution < -0.4 is 15.4 Å². The molecule has 0 unspecified atom stereocenters. The summed E-state index contributed by atoms with van der Waals surface area (Å²) in [5.41, 5.74) is 4.86. The van der Waals surface area contributed by atoms with E-state index in [1.807, 2.05) is 50.2 Å². The van der Waals surface area contributed by atoms with Gasteiger partial charge in [-0.1, -0.05) is 6.07 Å². The van der Waals surface area contributed by atoms with Crippen molar-refractivity contribution < 1.29 is 9.53 Å². The van der Waals surface area contributed by atoms with Crippen molar-refractivity contribution in [3.63, 3.8) is 0 Å². The maximum absolute atomic E-state index is 11.9. The average molecular weight is 402 g/mol. The number of urea groups is 1. The van der Waals surface area contributed by atoms with E-state index in [9.17, 15) is 4.79 Å². The van der Waals surface area contributed by atoms with Crippen molar-refractivity contribution >= 4 is 23.0 Å². The quantitative estimate of drug-likeness (QED) is 0.448.